The number of esters is 1. The predicted octanol–water partition coefficient (Wildman–Crippen LogP) is 1.11. The summed E-state index contributed by atoms with van der Waals surface area (Å²) in [7, 11) is 0. The van der Waals surface area contributed by atoms with Crippen LogP contribution in [-0.4, -0.2) is 27.2 Å². The molecule has 90 valence electrons. The van der Waals surface area contributed by atoms with Crippen LogP contribution in [-0.2, 0) is 9.53 Å². The van der Waals surface area contributed by atoms with E-state index >= 15 is 0 Å². The quantitative estimate of drug-likeness (QED) is 0.782. The maximum absolute atomic E-state index is 11.7. The highest BCUT2D eigenvalue weighted by molar-refractivity contribution is 5.76. The minimum Gasteiger partial charge on any atom is -0.459 e. The molecule has 1 heterocycles. The van der Waals surface area contributed by atoms with E-state index in [0.717, 1.165) is 0 Å². The molecule has 2 unspecified atom stereocenters. The Morgan fingerprint density at radius 3 is 2.56 bits per heavy atom. The molecule has 0 fully saturated rings. The lowest BCUT2D eigenvalue weighted by molar-refractivity contribution is -0.157. The van der Waals surface area contributed by atoms with E-state index in [4.69, 9.17) is 10.5 Å². The van der Waals surface area contributed by atoms with Gasteiger partial charge >= 0.3 is 5.97 Å². The molecule has 1 rings (SSSR count). The van der Waals surface area contributed by atoms with Crippen molar-refractivity contribution in [1.29, 1.82) is 0 Å². The molecule has 0 spiro atoms. The third-order valence-electron chi connectivity index (χ3n) is 2.19. The van der Waals surface area contributed by atoms with Gasteiger partial charge in [-0.2, -0.15) is 0 Å². The van der Waals surface area contributed by atoms with E-state index in [1.807, 2.05) is 27.7 Å². The van der Waals surface area contributed by atoms with Crippen LogP contribution in [0.3, 0.4) is 0 Å². The topological polar surface area (TPSA) is 70.1 Å². The van der Waals surface area contributed by atoms with Crippen molar-refractivity contribution in [2.75, 3.05) is 0 Å². The maximum Gasteiger partial charge on any atom is 0.325 e. The molecule has 0 bridgehead atoms. The fourth-order valence-electron chi connectivity index (χ4n) is 1.26. The zero-order valence-electron chi connectivity index (χ0n) is 10.2. The molecule has 2 atom stereocenters. The van der Waals surface area contributed by atoms with Crippen LogP contribution < -0.4 is 5.73 Å². The third kappa shape index (κ3) is 3.34. The van der Waals surface area contributed by atoms with Crippen LogP contribution >= 0.6 is 0 Å². The van der Waals surface area contributed by atoms with Gasteiger partial charge in [-0.3, -0.25) is 4.79 Å². The lowest BCUT2D eigenvalue weighted by Crippen LogP contribution is -2.42. The number of rotatable bonds is 3. The fourth-order valence-corrected chi connectivity index (χ4v) is 1.26. The summed E-state index contributed by atoms with van der Waals surface area (Å²) in [6, 6.07) is -0.856. The first-order valence-electron chi connectivity index (χ1n) is 5.27. The Bertz CT molecular complexity index is 341. The number of aromatic nitrogens is 2. The molecule has 0 saturated heterocycles. The van der Waals surface area contributed by atoms with Gasteiger partial charge in [0.1, 0.15) is 11.6 Å². The lowest BCUT2D eigenvalue weighted by atomic mass is 10.1. The van der Waals surface area contributed by atoms with E-state index in [1.165, 1.54) is 0 Å². The second-order valence-corrected chi connectivity index (χ2v) is 4.81. The first-order valence-corrected chi connectivity index (χ1v) is 5.27. The molecule has 0 amide bonds. The van der Waals surface area contributed by atoms with Gasteiger partial charge in [0.2, 0.25) is 0 Å². The Morgan fingerprint density at radius 1 is 1.50 bits per heavy atom. The molecule has 0 aliphatic carbocycles. The third-order valence-corrected chi connectivity index (χ3v) is 2.19. The Morgan fingerprint density at radius 2 is 2.12 bits per heavy atom. The summed E-state index contributed by atoms with van der Waals surface area (Å²) >= 11 is 0. The van der Waals surface area contributed by atoms with Gasteiger partial charge in [0.05, 0.1) is 12.4 Å². The Labute approximate surface area is 95.6 Å². The van der Waals surface area contributed by atoms with Crippen molar-refractivity contribution in [1.82, 2.24) is 9.55 Å². The van der Waals surface area contributed by atoms with E-state index in [1.54, 1.807) is 23.3 Å². The van der Waals surface area contributed by atoms with Gasteiger partial charge in [0.25, 0.3) is 0 Å². The number of carbonyl (C=O) groups excluding carboxylic acids is 1. The highest BCUT2D eigenvalue weighted by Gasteiger charge is 2.27. The summed E-state index contributed by atoms with van der Waals surface area (Å²) in [5.41, 5.74) is 5.33. The van der Waals surface area contributed by atoms with Crippen molar-refractivity contribution in [3.8, 4) is 0 Å². The van der Waals surface area contributed by atoms with Gasteiger partial charge in [-0.25, -0.2) is 4.98 Å². The van der Waals surface area contributed by atoms with E-state index in [2.05, 4.69) is 4.98 Å². The van der Waals surface area contributed by atoms with E-state index in [9.17, 15) is 4.79 Å². The molecule has 1 aromatic rings. The van der Waals surface area contributed by atoms with Gasteiger partial charge < -0.3 is 15.0 Å². The SMILES string of the molecule is CC(C(N)C(=O)OC(C)(C)C)n1ccnc1. The minimum absolute atomic E-state index is 0.169. The smallest absolute Gasteiger partial charge is 0.325 e. The second kappa shape index (κ2) is 4.65. The van der Waals surface area contributed by atoms with Crippen LogP contribution in [0.15, 0.2) is 18.7 Å². The molecule has 0 radical (unpaired) electrons. The highest BCUT2D eigenvalue weighted by Crippen LogP contribution is 2.14. The van der Waals surface area contributed by atoms with Crippen LogP contribution in [0.2, 0.25) is 0 Å². The van der Waals surface area contributed by atoms with Crippen molar-refractivity contribution >= 4 is 5.97 Å². The summed E-state index contributed by atoms with van der Waals surface area (Å²) in [4.78, 5) is 15.6. The van der Waals surface area contributed by atoms with Crippen molar-refractivity contribution in [2.45, 2.75) is 45.4 Å². The van der Waals surface area contributed by atoms with Crippen LogP contribution in [0.5, 0.6) is 0 Å². The number of hydrogen-bond donors (Lipinski definition) is 1. The van der Waals surface area contributed by atoms with Crippen molar-refractivity contribution < 1.29 is 9.53 Å². The summed E-state index contributed by atoms with van der Waals surface area (Å²) in [5, 5.41) is 0. The number of ether oxygens (including phenoxy) is 1. The predicted molar refractivity (Wildman–Crippen MR) is 60.8 cm³/mol. The zero-order chi connectivity index (χ0) is 12.3. The molecule has 5 nitrogen and oxygen atoms in total. The number of carbonyl (C=O) groups is 1. The molecular formula is C11H19N3O2. The Hall–Kier alpha value is -1.36. The normalized spacial score (nSPS) is 15.6. The largest absolute Gasteiger partial charge is 0.459 e. The number of nitrogens with two attached hydrogens (primary N) is 1. The van der Waals surface area contributed by atoms with Crippen LogP contribution in [0.25, 0.3) is 0 Å². The molecule has 0 saturated carbocycles. The average Bonchev–Trinajstić information content (AvgIpc) is 2.65. The van der Waals surface area contributed by atoms with Gasteiger partial charge in [0, 0.05) is 12.4 Å². The maximum atomic E-state index is 11.7. The Balaban J connectivity index is 2.64. The van der Waals surface area contributed by atoms with Gasteiger partial charge in [-0.15, -0.1) is 0 Å². The van der Waals surface area contributed by atoms with Crippen LogP contribution in [0.4, 0.5) is 0 Å². The van der Waals surface area contributed by atoms with E-state index in [0.29, 0.717) is 0 Å². The molecule has 0 aliphatic rings. The summed E-state index contributed by atoms with van der Waals surface area (Å²) in [5.74, 6) is -0.395. The molecule has 5 heteroatoms. The van der Waals surface area contributed by atoms with Crippen LogP contribution in [0.1, 0.15) is 33.7 Å². The molecule has 0 aliphatic heterocycles. The first kappa shape index (κ1) is 12.7. The van der Waals surface area contributed by atoms with Crippen molar-refractivity contribution in [3.05, 3.63) is 18.7 Å². The minimum atomic E-state index is -0.687. The Kier molecular flexibility index (Phi) is 3.70. The highest BCUT2D eigenvalue weighted by atomic mass is 16.6. The second-order valence-electron chi connectivity index (χ2n) is 4.81. The molecule has 16 heavy (non-hydrogen) atoms. The summed E-state index contributed by atoms with van der Waals surface area (Å²) < 4.78 is 7.01. The fraction of sp³-hybridized carbons (Fsp3) is 0.636. The van der Waals surface area contributed by atoms with Crippen molar-refractivity contribution in [2.24, 2.45) is 5.73 Å². The lowest BCUT2D eigenvalue weighted by Gasteiger charge is -2.25. The number of hydrogen-bond acceptors (Lipinski definition) is 4. The molecular weight excluding hydrogens is 206 g/mol. The van der Waals surface area contributed by atoms with Gasteiger partial charge in [-0.1, -0.05) is 0 Å². The van der Waals surface area contributed by atoms with E-state index in [-0.39, 0.29) is 6.04 Å². The molecule has 2 N–H and O–H groups in total. The van der Waals surface area contributed by atoms with Gasteiger partial charge in [-0.05, 0) is 27.7 Å². The number of imidazole rings is 1. The van der Waals surface area contributed by atoms with Crippen molar-refractivity contribution in [3.63, 3.8) is 0 Å². The molecule has 0 aromatic carbocycles. The van der Waals surface area contributed by atoms with Crippen LogP contribution in [0, 0.1) is 0 Å². The summed E-state index contributed by atoms with van der Waals surface area (Å²) in [6.07, 6.45) is 5.06. The summed E-state index contributed by atoms with van der Waals surface area (Å²) in [6.45, 7) is 7.31. The standard InChI is InChI=1S/C11H19N3O2/c1-8(14-6-5-13-7-14)9(12)10(15)16-11(2,3)4/h5-9H,12H2,1-4H3. The average molecular weight is 225 g/mol. The first-order chi connectivity index (χ1) is 7.31. The number of nitrogens with zero attached hydrogens (tertiary/aromatic N) is 2. The monoisotopic (exact) mass is 225 g/mol. The van der Waals surface area contributed by atoms with Gasteiger partial charge in [0.15, 0.2) is 0 Å². The molecule has 1 aromatic heterocycles. The zero-order valence-corrected chi connectivity index (χ0v) is 10.2. The van der Waals surface area contributed by atoms with E-state index < -0.39 is 17.6 Å².